The van der Waals surface area contributed by atoms with E-state index in [0.29, 0.717) is 12.2 Å². The Labute approximate surface area is 217 Å². The summed E-state index contributed by atoms with van der Waals surface area (Å²) >= 11 is 1.51. The van der Waals surface area contributed by atoms with Gasteiger partial charge in [0.1, 0.15) is 0 Å². The van der Waals surface area contributed by atoms with Crippen LogP contribution < -0.4 is 9.80 Å². The fraction of sp³-hybridized carbons (Fsp3) is 0.333. The summed E-state index contributed by atoms with van der Waals surface area (Å²) in [6, 6.07) is 18.5. The third-order valence-corrected chi connectivity index (χ3v) is 7.99. The first-order valence-electron chi connectivity index (χ1n) is 12.3. The molecule has 0 spiro atoms. The molecule has 194 valence electrons. The van der Waals surface area contributed by atoms with Crippen LogP contribution >= 0.6 is 11.8 Å². The number of hydrogen-bond acceptors (Lipinski definition) is 6. The number of nitro benzene ring substituents is 1. The van der Waals surface area contributed by atoms with E-state index >= 15 is 0 Å². The zero-order chi connectivity index (χ0) is 26.0. The number of halogens is 3. The number of fused-ring (bicyclic) bond motifs is 2. The van der Waals surface area contributed by atoms with Crippen LogP contribution in [0.15, 0.2) is 76.5 Å². The van der Waals surface area contributed by atoms with Crippen molar-refractivity contribution < 1.29 is 18.1 Å². The van der Waals surface area contributed by atoms with E-state index in [1.807, 2.05) is 29.2 Å². The minimum absolute atomic E-state index is 0.0922. The summed E-state index contributed by atoms with van der Waals surface area (Å²) in [5.74, 6) is 0. The Bertz CT molecular complexity index is 1260. The number of hydrogen-bond donors (Lipinski definition) is 0. The number of nitrogens with zero attached hydrogens (tertiary/aromatic N) is 4. The summed E-state index contributed by atoms with van der Waals surface area (Å²) in [5.41, 5.74) is 2.03. The SMILES string of the molecule is O=[N+]([O-])c1ccc(N2CCN(CCCCN3c4ccccc4Sc4ccc(C(F)(F)F)cc43)CC2)cc1. The van der Waals surface area contributed by atoms with Crippen molar-refractivity contribution in [3.8, 4) is 0 Å². The molecule has 1 fully saturated rings. The van der Waals surface area contributed by atoms with E-state index in [1.54, 1.807) is 18.2 Å². The van der Waals surface area contributed by atoms with Gasteiger partial charge < -0.3 is 9.80 Å². The molecule has 37 heavy (non-hydrogen) atoms. The highest BCUT2D eigenvalue weighted by Gasteiger charge is 2.33. The molecule has 0 aliphatic carbocycles. The molecule has 0 radical (unpaired) electrons. The third kappa shape index (κ3) is 5.70. The van der Waals surface area contributed by atoms with E-state index in [2.05, 4.69) is 9.80 Å². The monoisotopic (exact) mass is 528 g/mol. The van der Waals surface area contributed by atoms with Crippen LogP contribution in [0.2, 0.25) is 0 Å². The third-order valence-electron chi connectivity index (χ3n) is 6.86. The second kappa shape index (κ2) is 10.6. The number of anilines is 3. The number of rotatable bonds is 7. The van der Waals surface area contributed by atoms with Crippen molar-refractivity contribution in [3.05, 3.63) is 82.4 Å². The van der Waals surface area contributed by atoms with Gasteiger partial charge >= 0.3 is 6.18 Å². The van der Waals surface area contributed by atoms with E-state index in [4.69, 9.17) is 0 Å². The molecule has 2 aliphatic rings. The predicted molar refractivity (Wildman–Crippen MR) is 140 cm³/mol. The molecular weight excluding hydrogens is 501 g/mol. The van der Waals surface area contributed by atoms with Gasteiger partial charge in [0.25, 0.3) is 5.69 Å². The molecule has 0 amide bonds. The summed E-state index contributed by atoms with van der Waals surface area (Å²) in [6.45, 7) is 5.07. The highest BCUT2D eigenvalue weighted by molar-refractivity contribution is 7.99. The van der Waals surface area contributed by atoms with Crippen molar-refractivity contribution in [2.75, 3.05) is 49.1 Å². The van der Waals surface area contributed by atoms with Crippen molar-refractivity contribution in [3.63, 3.8) is 0 Å². The molecule has 10 heteroatoms. The molecular formula is C27H27F3N4O2S. The van der Waals surface area contributed by atoms with Gasteiger partial charge in [-0.1, -0.05) is 23.9 Å². The lowest BCUT2D eigenvalue weighted by Gasteiger charge is -2.36. The first-order chi connectivity index (χ1) is 17.8. The molecule has 0 saturated carbocycles. The minimum atomic E-state index is -4.38. The highest BCUT2D eigenvalue weighted by atomic mass is 32.2. The van der Waals surface area contributed by atoms with Gasteiger partial charge in [0, 0.05) is 60.3 Å². The van der Waals surface area contributed by atoms with Crippen LogP contribution in [-0.4, -0.2) is 49.1 Å². The summed E-state index contributed by atoms with van der Waals surface area (Å²) in [5, 5.41) is 10.9. The molecule has 5 rings (SSSR count). The molecule has 2 aliphatic heterocycles. The van der Waals surface area contributed by atoms with Gasteiger partial charge in [-0.3, -0.25) is 15.0 Å². The second-order valence-electron chi connectivity index (χ2n) is 9.21. The van der Waals surface area contributed by atoms with Crippen LogP contribution in [0.3, 0.4) is 0 Å². The lowest BCUT2D eigenvalue weighted by molar-refractivity contribution is -0.384. The van der Waals surface area contributed by atoms with E-state index in [-0.39, 0.29) is 5.69 Å². The van der Waals surface area contributed by atoms with Crippen LogP contribution in [0.1, 0.15) is 18.4 Å². The molecule has 3 aromatic carbocycles. The number of piperazine rings is 1. The minimum Gasteiger partial charge on any atom is -0.369 e. The Kier molecular flexibility index (Phi) is 7.30. The van der Waals surface area contributed by atoms with E-state index < -0.39 is 16.7 Å². The van der Waals surface area contributed by atoms with Crippen molar-refractivity contribution in [1.29, 1.82) is 0 Å². The van der Waals surface area contributed by atoms with Crippen molar-refractivity contribution >= 4 is 34.5 Å². The average Bonchev–Trinajstić information content (AvgIpc) is 2.90. The summed E-state index contributed by atoms with van der Waals surface area (Å²) in [7, 11) is 0. The van der Waals surface area contributed by atoms with Gasteiger partial charge in [-0.25, -0.2) is 0 Å². The summed E-state index contributed by atoms with van der Waals surface area (Å²) in [4.78, 5) is 19.0. The maximum absolute atomic E-state index is 13.4. The van der Waals surface area contributed by atoms with Crippen LogP contribution in [0.25, 0.3) is 0 Å². The smallest absolute Gasteiger partial charge is 0.369 e. The Morgan fingerprint density at radius 2 is 1.51 bits per heavy atom. The lowest BCUT2D eigenvalue weighted by Crippen LogP contribution is -2.46. The number of alkyl halides is 3. The highest BCUT2D eigenvalue weighted by Crippen LogP contribution is 2.49. The molecule has 6 nitrogen and oxygen atoms in total. The molecule has 1 saturated heterocycles. The second-order valence-corrected chi connectivity index (χ2v) is 10.3. The van der Waals surface area contributed by atoms with Crippen LogP contribution in [0.5, 0.6) is 0 Å². The van der Waals surface area contributed by atoms with Crippen molar-refractivity contribution in [2.24, 2.45) is 0 Å². The van der Waals surface area contributed by atoms with Crippen LogP contribution in [-0.2, 0) is 6.18 Å². The Morgan fingerprint density at radius 1 is 0.838 bits per heavy atom. The average molecular weight is 529 g/mol. The fourth-order valence-electron chi connectivity index (χ4n) is 4.87. The molecule has 0 aromatic heterocycles. The maximum atomic E-state index is 13.4. The maximum Gasteiger partial charge on any atom is 0.416 e. The van der Waals surface area contributed by atoms with Crippen molar-refractivity contribution in [2.45, 2.75) is 28.8 Å². The quantitative estimate of drug-likeness (QED) is 0.191. The van der Waals surface area contributed by atoms with Gasteiger partial charge in [0.15, 0.2) is 0 Å². The predicted octanol–water partition coefficient (Wildman–Crippen LogP) is 6.82. The zero-order valence-electron chi connectivity index (χ0n) is 20.2. The first kappa shape index (κ1) is 25.4. The fourth-order valence-corrected chi connectivity index (χ4v) is 5.94. The molecule has 0 bridgehead atoms. The Balaban J connectivity index is 1.17. The molecule has 0 N–H and O–H groups in total. The van der Waals surface area contributed by atoms with Gasteiger partial charge in [-0.15, -0.1) is 0 Å². The lowest BCUT2D eigenvalue weighted by atomic mass is 10.1. The Hall–Kier alpha value is -3.24. The van der Waals surface area contributed by atoms with E-state index in [1.165, 1.54) is 30.0 Å². The molecule has 3 aromatic rings. The number of unbranched alkanes of at least 4 members (excludes halogenated alkanes) is 1. The standard InChI is InChI=1S/C27H27F3N4O2S/c28-27(29,30)20-7-12-26-24(19-20)33(23-5-1-2-6-25(23)37-26)14-4-3-13-31-15-17-32(18-16-31)21-8-10-22(11-9-21)34(35)36/h1-2,5-12,19H,3-4,13-18H2. The first-order valence-corrected chi connectivity index (χ1v) is 13.1. The van der Waals surface area contributed by atoms with Crippen LogP contribution in [0, 0.1) is 10.1 Å². The summed E-state index contributed by atoms with van der Waals surface area (Å²) < 4.78 is 40.3. The normalized spacial score (nSPS) is 15.9. The van der Waals surface area contributed by atoms with Gasteiger partial charge in [0.2, 0.25) is 0 Å². The number of benzene rings is 3. The van der Waals surface area contributed by atoms with Gasteiger partial charge in [0.05, 0.1) is 21.9 Å². The van der Waals surface area contributed by atoms with Crippen molar-refractivity contribution in [1.82, 2.24) is 4.90 Å². The summed E-state index contributed by atoms with van der Waals surface area (Å²) in [6.07, 6.45) is -2.58. The topological polar surface area (TPSA) is 52.9 Å². The van der Waals surface area contributed by atoms with Gasteiger partial charge in [-0.2, -0.15) is 13.2 Å². The Morgan fingerprint density at radius 3 is 2.22 bits per heavy atom. The molecule has 2 heterocycles. The van der Waals surface area contributed by atoms with Gasteiger partial charge in [-0.05, 0) is 61.9 Å². The zero-order valence-corrected chi connectivity index (χ0v) is 21.0. The number of non-ortho nitro benzene ring substituents is 1. The van der Waals surface area contributed by atoms with Crippen LogP contribution in [0.4, 0.5) is 35.9 Å². The molecule has 0 atom stereocenters. The number of para-hydroxylation sites is 1. The van der Waals surface area contributed by atoms with E-state index in [9.17, 15) is 23.3 Å². The number of nitro groups is 1. The molecule has 0 unspecified atom stereocenters. The largest absolute Gasteiger partial charge is 0.416 e. The van der Waals surface area contributed by atoms with E-state index in [0.717, 1.165) is 72.8 Å².